The van der Waals surface area contributed by atoms with E-state index in [0.29, 0.717) is 22.9 Å². The van der Waals surface area contributed by atoms with Crippen molar-refractivity contribution < 1.29 is 19.1 Å². The molecule has 30 heavy (non-hydrogen) atoms. The largest absolute Gasteiger partial charge is 0.493 e. The van der Waals surface area contributed by atoms with Crippen LogP contribution < -0.4 is 14.8 Å². The normalized spacial score (nSPS) is 10.8. The first-order chi connectivity index (χ1) is 14.5. The number of carbonyl (C=O) groups excluding carboxylic acids is 2. The SMILES string of the molecule is COc1cc(/C=C/C(=O)c2cc(C)nn2C)ccc1OCC(=O)Nc1ccccc1. The molecule has 1 heterocycles. The molecule has 0 radical (unpaired) electrons. The first kappa shape index (κ1) is 20.9. The van der Waals surface area contributed by atoms with Gasteiger partial charge in [-0.05, 0) is 48.9 Å². The Labute approximate surface area is 174 Å². The van der Waals surface area contributed by atoms with E-state index >= 15 is 0 Å². The molecule has 0 aliphatic carbocycles. The molecule has 7 heteroatoms. The van der Waals surface area contributed by atoms with Gasteiger partial charge in [0, 0.05) is 12.7 Å². The van der Waals surface area contributed by atoms with Crippen LogP contribution in [0.4, 0.5) is 5.69 Å². The van der Waals surface area contributed by atoms with E-state index in [9.17, 15) is 9.59 Å². The zero-order chi connectivity index (χ0) is 21.5. The number of benzene rings is 2. The van der Waals surface area contributed by atoms with Crippen molar-refractivity contribution in [3.63, 3.8) is 0 Å². The predicted molar refractivity (Wildman–Crippen MR) is 115 cm³/mol. The highest BCUT2D eigenvalue weighted by molar-refractivity contribution is 6.05. The van der Waals surface area contributed by atoms with Gasteiger partial charge < -0.3 is 14.8 Å². The van der Waals surface area contributed by atoms with Gasteiger partial charge in [-0.1, -0.05) is 30.3 Å². The third-order valence-corrected chi connectivity index (χ3v) is 4.29. The first-order valence-corrected chi connectivity index (χ1v) is 9.35. The molecule has 0 fully saturated rings. The highest BCUT2D eigenvalue weighted by Crippen LogP contribution is 2.28. The Morgan fingerprint density at radius 3 is 2.53 bits per heavy atom. The number of carbonyl (C=O) groups is 2. The van der Waals surface area contributed by atoms with E-state index in [-0.39, 0.29) is 18.3 Å². The van der Waals surface area contributed by atoms with Gasteiger partial charge in [0.15, 0.2) is 18.1 Å². The number of hydrogen-bond acceptors (Lipinski definition) is 5. The second-order valence-electron chi connectivity index (χ2n) is 6.61. The molecular weight excluding hydrogens is 382 g/mol. The van der Waals surface area contributed by atoms with Gasteiger partial charge in [-0.25, -0.2) is 0 Å². The van der Waals surface area contributed by atoms with Crippen LogP contribution in [0.5, 0.6) is 11.5 Å². The van der Waals surface area contributed by atoms with Gasteiger partial charge >= 0.3 is 0 Å². The van der Waals surface area contributed by atoms with Crippen molar-refractivity contribution in [1.29, 1.82) is 0 Å². The number of nitrogens with one attached hydrogen (secondary N) is 1. The topological polar surface area (TPSA) is 82.4 Å². The van der Waals surface area contributed by atoms with Crippen LogP contribution >= 0.6 is 0 Å². The summed E-state index contributed by atoms with van der Waals surface area (Å²) < 4.78 is 12.5. The van der Waals surface area contributed by atoms with Crippen molar-refractivity contribution in [3.05, 3.63) is 77.6 Å². The fourth-order valence-electron chi connectivity index (χ4n) is 2.87. The van der Waals surface area contributed by atoms with E-state index in [1.807, 2.05) is 25.1 Å². The van der Waals surface area contributed by atoms with Crippen molar-refractivity contribution in [2.45, 2.75) is 6.92 Å². The third kappa shape index (κ3) is 5.35. The van der Waals surface area contributed by atoms with E-state index in [4.69, 9.17) is 9.47 Å². The molecule has 0 atom stereocenters. The monoisotopic (exact) mass is 405 g/mol. The van der Waals surface area contributed by atoms with Gasteiger partial charge in [-0.2, -0.15) is 5.10 Å². The summed E-state index contributed by atoms with van der Waals surface area (Å²) in [5.41, 5.74) is 2.76. The lowest BCUT2D eigenvalue weighted by Crippen LogP contribution is -2.20. The van der Waals surface area contributed by atoms with E-state index in [2.05, 4.69) is 10.4 Å². The Kier molecular flexibility index (Phi) is 6.64. The van der Waals surface area contributed by atoms with Gasteiger partial charge in [0.25, 0.3) is 5.91 Å². The highest BCUT2D eigenvalue weighted by atomic mass is 16.5. The lowest BCUT2D eigenvalue weighted by Gasteiger charge is -2.11. The summed E-state index contributed by atoms with van der Waals surface area (Å²) in [6.45, 7) is 1.68. The number of methoxy groups -OCH3 is 1. The first-order valence-electron chi connectivity index (χ1n) is 9.35. The minimum atomic E-state index is -0.274. The summed E-state index contributed by atoms with van der Waals surface area (Å²) in [6, 6.07) is 16.1. The van der Waals surface area contributed by atoms with Gasteiger partial charge in [-0.3, -0.25) is 14.3 Å². The lowest BCUT2D eigenvalue weighted by atomic mass is 10.1. The lowest BCUT2D eigenvalue weighted by molar-refractivity contribution is -0.118. The van der Waals surface area contributed by atoms with Gasteiger partial charge in [0.2, 0.25) is 5.78 Å². The molecule has 0 saturated carbocycles. The molecule has 0 aliphatic rings. The maximum atomic E-state index is 12.4. The zero-order valence-corrected chi connectivity index (χ0v) is 17.1. The van der Waals surface area contributed by atoms with Crippen LogP contribution in [0, 0.1) is 6.92 Å². The quantitative estimate of drug-likeness (QED) is 0.457. The van der Waals surface area contributed by atoms with Crippen LogP contribution in [-0.4, -0.2) is 35.2 Å². The van der Waals surface area contributed by atoms with Crippen molar-refractivity contribution in [2.75, 3.05) is 19.0 Å². The van der Waals surface area contributed by atoms with E-state index in [1.165, 1.54) is 13.2 Å². The number of anilines is 1. The molecule has 0 spiro atoms. The summed E-state index contributed by atoms with van der Waals surface area (Å²) in [5.74, 6) is 0.485. The third-order valence-electron chi connectivity index (χ3n) is 4.29. The minimum absolute atomic E-state index is 0.144. The molecule has 0 unspecified atom stereocenters. The average molecular weight is 405 g/mol. The Morgan fingerprint density at radius 1 is 1.10 bits per heavy atom. The Hall–Kier alpha value is -3.87. The predicted octanol–water partition coefficient (Wildman–Crippen LogP) is 3.65. The van der Waals surface area contributed by atoms with E-state index in [0.717, 1.165) is 11.3 Å². The number of amides is 1. The summed E-state index contributed by atoms with van der Waals surface area (Å²) in [6.07, 6.45) is 3.18. The Balaban J connectivity index is 1.63. The summed E-state index contributed by atoms with van der Waals surface area (Å²) in [7, 11) is 3.25. The van der Waals surface area contributed by atoms with Crippen LogP contribution in [0.1, 0.15) is 21.7 Å². The molecule has 7 nitrogen and oxygen atoms in total. The zero-order valence-electron chi connectivity index (χ0n) is 17.1. The molecule has 154 valence electrons. The van der Waals surface area contributed by atoms with Crippen LogP contribution in [0.2, 0.25) is 0 Å². The fourth-order valence-corrected chi connectivity index (χ4v) is 2.87. The van der Waals surface area contributed by atoms with Crippen molar-refractivity contribution >= 4 is 23.5 Å². The molecule has 1 aromatic heterocycles. The fraction of sp³-hybridized carbons (Fsp3) is 0.174. The minimum Gasteiger partial charge on any atom is -0.493 e. The molecule has 3 rings (SSSR count). The molecule has 3 aromatic rings. The van der Waals surface area contributed by atoms with Crippen molar-refractivity contribution in [3.8, 4) is 11.5 Å². The summed E-state index contributed by atoms with van der Waals surface area (Å²) in [5, 5.41) is 6.93. The van der Waals surface area contributed by atoms with Gasteiger partial charge in [0.05, 0.1) is 12.8 Å². The molecule has 1 amide bonds. The maximum absolute atomic E-state index is 12.4. The van der Waals surface area contributed by atoms with Crippen LogP contribution in [0.25, 0.3) is 6.08 Å². The summed E-state index contributed by atoms with van der Waals surface area (Å²) in [4.78, 5) is 24.4. The number of ketones is 1. The average Bonchev–Trinajstić information content (AvgIpc) is 3.09. The molecule has 1 N–H and O–H groups in total. The summed E-state index contributed by atoms with van der Waals surface area (Å²) >= 11 is 0. The van der Waals surface area contributed by atoms with Crippen LogP contribution in [0.3, 0.4) is 0 Å². The number of ether oxygens (including phenoxy) is 2. The second kappa shape index (κ2) is 9.56. The highest BCUT2D eigenvalue weighted by Gasteiger charge is 2.10. The number of aromatic nitrogens is 2. The number of aryl methyl sites for hydroxylation is 2. The number of allylic oxidation sites excluding steroid dienone is 1. The Bertz CT molecular complexity index is 1070. The van der Waals surface area contributed by atoms with Crippen molar-refractivity contribution in [1.82, 2.24) is 9.78 Å². The maximum Gasteiger partial charge on any atom is 0.262 e. The molecule has 0 saturated heterocycles. The number of hydrogen-bond donors (Lipinski definition) is 1. The van der Waals surface area contributed by atoms with Crippen molar-refractivity contribution in [2.24, 2.45) is 7.05 Å². The standard InChI is InChI=1S/C23H23N3O4/c1-16-13-19(26(2)25-16)20(27)11-9-17-10-12-21(22(14-17)29-3)30-15-23(28)24-18-7-5-4-6-8-18/h4-14H,15H2,1-3H3,(H,24,28)/b11-9+. The van der Waals surface area contributed by atoms with Crippen LogP contribution in [0.15, 0.2) is 60.7 Å². The van der Waals surface area contributed by atoms with Crippen LogP contribution in [-0.2, 0) is 11.8 Å². The number of rotatable bonds is 8. The number of nitrogens with zero attached hydrogens (tertiary/aromatic N) is 2. The van der Waals surface area contributed by atoms with Gasteiger partial charge in [-0.15, -0.1) is 0 Å². The van der Waals surface area contributed by atoms with E-state index < -0.39 is 0 Å². The molecule has 2 aromatic carbocycles. The second-order valence-corrected chi connectivity index (χ2v) is 6.61. The Morgan fingerprint density at radius 2 is 1.87 bits per heavy atom. The molecule has 0 aliphatic heterocycles. The number of para-hydroxylation sites is 1. The molecule has 0 bridgehead atoms. The molecular formula is C23H23N3O4. The smallest absolute Gasteiger partial charge is 0.262 e. The van der Waals surface area contributed by atoms with Gasteiger partial charge in [0.1, 0.15) is 5.69 Å². The van der Waals surface area contributed by atoms with E-state index in [1.54, 1.807) is 54.2 Å².